The lowest BCUT2D eigenvalue weighted by Crippen LogP contribution is -2.33. The van der Waals surface area contributed by atoms with E-state index < -0.39 is 0 Å². The Kier molecular flexibility index (Phi) is 10.3. The van der Waals surface area contributed by atoms with E-state index in [-0.39, 0.29) is 18.3 Å². The number of rotatable bonds is 7. The SMILES string of the molecule is COCCNCCNC(=O)c1ccc(Cl)cc1Br.Cl. The molecule has 0 aromatic heterocycles. The number of hydrogen-bond donors (Lipinski definition) is 2. The molecule has 1 rings (SSSR count). The van der Waals surface area contributed by atoms with E-state index in [9.17, 15) is 4.79 Å². The number of ether oxygens (including phenoxy) is 1. The minimum Gasteiger partial charge on any atom is -0.383 e. The molecular weight excluding hydrogens is 355 g/mol. The molecule has 0 unspecified atom stereocenters. The molecule has 2 N–H and O–H groups in total. The summed E-state index contributed by atoms with van der Waals surface area (Å²) in [6.07, 6.45) is 0. The zero-order valence-corrected chi connectivity index (χ0v) is 13.7. The van der Waals surface area contributed by atoms with Gasteiger partial charge in [0, 0.05) is 36.2 Å². The molecule has 7 heteroatoms. The summed E-state index contributed by atoms with van der Waals surface area (Å²) in [6.45, 7) is 2.71. The van der Waals surface area contributed by atoms with Crippen molar-refractivity contribution in [1.82, 2.24) is 10.6 Å². The summed E-state index contributed by atoms with van der Waals surface area (Å²) in [4.78, 5) is 11.8. The van der Waals surface area contributed by atoms with Gasteiger partial charge >= 0.3 is 0 Å². The van der Waals surface area contributed by atoms with Crippen LogP contribution in [0.5, 0.6) is 0 Å². The van der Waals surface area contributed by atoms with Gasteiger partial charge in [-0.25, -0.2) is 0 Å². The second-order valence-corrected chi connectivity index (χ2v) is 4.91. The van der Waals surface area contributed by atoms with E-state index in [0.717, 1.165) is 6.54 Å². The molecule has 4 nitrogen and oxygen atoms in total. The first-order chi connectivity index (χ1) is 8.65. The molecule has 0 radical (unpaired) electrons. The van der Waals surface area contributed by atoms with E-state index in [4.69, 9.17) is 16.3 Å². The average Bonchev–Trinajstić information content (AvgIpc) is 2.33. The minimum absolute atomic E-state index is 0. The number of benzene rings is 1. The van der Waals surface area contributed by atoms with Gasteiger partial charge in [0.05, 0.1) is 12.2 Å². The van der Waals surface area contributed by atoms with Gasteiger partial charge in [-0.2, -0.15) is 0 Å². The fourth-order valence-corrected chi connectivity index (χ4v) is 2.20. The Morgan fingerprint density at radius 1 is 1.37 bits per heavy atom. The third-order valence-electron chi connectivity index (χ3n) is 2.25. The number of hydrogen-bond acceptors (Lipinski definition) is 3. The standard InChI is InChI=1S/C12H16BrClN2O2.ClH/c1-18-7-6-15-4-5-16-12(17)10-3-2-9(14)8-11(10)13;/h2-3,8,15H,4-7H2,1H3,(H,16,17);1H. The van der Waals surface area contributed by atoms with Crippen molar-refractivity contribution in [3.8, 4) is 0 Å². The molecular formula is C12H17BrCl2N2O2. The summed E-state index contributed by atoms with van der Waals surface area (Å²) in [5.74, 6) is -0.118. The maximum absolute atomic E-state index is 11.8. The summed E-state index contributed by atoms with van der Waals surface area (Å²) in [5.41, 5.74) is 0.580. The van der Waals surface area contributed by atoms with E-state index in [1.54, 1.807) is 25.3 Å². The first-order valence-corrected chi connectivity index (χ1v) is 6.75. The lowest BCUT2D eigenvalue weighted by molar-refractivity contribution is 0.0953. The molecule has 0 spiro atoms. The number of carbonyl (C=O) groups excluding carboxylic acids is 1. The maximum Gasteiger partial charge on any atom is 0.252 e. The van der Waals surface area contributed by atoms with Crippen molar-refractivity contribution in [2.45, 2.75) is 0 Å². The van der Waals surface area contributed by atoms with Crippen molar-refractivity contribution >= 4 is 45.8 Å². The Balaban J connectivity index is 0.00000324. The summed E-state index contributed by atoms with van der Waals surface area (Å²) in [7, 11) is 1.65. The van der Waals surface area contributed by atoms with Crippen LogP contribution in [0.15, 0.2) is 22.7 Å². The normalized spacial score (nSPS) is 9.84. The summed E-state index contributed by atoms with van der Waals surface area (Å²) in [6, 6.07) is 5.09. The lowest BCUT2D eigenvalue weighted by atomic mass is 10.2. The second kappa shape index (κ2) is 10.5. The maximum atomic E-state index is 11.8. The van der Waals surface area contributed by atoms with Gasteiger partial charge < -0.3 is 15.4 Å². The van der Waals surface area contributed by atoms with Gasteiger partial charge in [-0.1, -0.05) is 11.6 Å². The van der Waals surface area contributed by atoms with Gasteiger partial charge in [-0.05, 0) is 34.1 Å². The first-order valence-electron chi connectivity index (χ1n) is 5.58. The molecule has 0 saturated carbocycles. The predicted molar refractivity (Wildman–Crippen MR) is 83.5 cm³/mol. The summed E-state index contributed by atoms with van der Waals surface area (Å²) >= 11 is 9.13. The van der Waals surface area contributed by atoms with Gasteiger partial charge in [-0.15, -0.1) is 12.4 Å². The topological polar surface area (TPSA) is 50.4 Å². The first kappa shape index (κ1) is 18.7. The fraction of sp³-hybridized carbons (Fsp3) is 0.417. The van der Waals surface area contributed by atoms with Gasteiger partial charge in [-0.3, -0.25) is 4.79 Å². The molecule has 0 bridgehead atoms. The van der Waals surface area contributed by atoms with Crippen molar-refractivity contribution in [3.63, 3.8) is 0 Å². The molecule has 1 amide bonds. The van der Waals surface area contributed by atoms with E-state index >= 15 is 0 Å². The zero-order chi connectivity index (χ0) is 13.4. The van der Waals surface area contributed by atoms with Crippen LogP contribution in [0.1, 0.15) is 10.4 Å². The highest BCUT2D eigenvalue weighted by molar-refractivity contribution is 9.10. The largest absolute Gasteiger partial charge is 0.383 e. The van der Waals surface area contributed by atoms with Gasteiger partial charge in [0.1, 0.15) is 0 Å². The molecule has 0 atom stereocenters. The molecule has 0 saturated heterocycles. The van der Waals surface area contributed by atoms with Crippen LogP contribution in [0.3, 0.4) is 0 Å². The van der Waals surface area contributed by atoms with Gasteiger partial charge in [0.15, 0.2) is 0 Å². The molecule has 1 aromatic rings. The fourth-order valence-electron chi connectivity index (χ4n) is 1.33. The predicted octanol–water partition coefficient (Wildman–Crippen LogP) is 2.49. The molecule has 0 heterocycles. The molecule has 0 aliphatic rings. The van der Waals surface area contributed by atoms with Crippen LogP contribution < -0.4 is 10.6 Å². The van der Waals surface area contributed by atoms with Crippen molar-refractivity contribution in [2.75, 3.05) is 33.4 Å². The zero-order valence-electron chi connectivity index (χ0n) is 10.5. The molecule has 0 aliphatic heterocycles. The van der Waals surface area contributed by atoms with Crippen molar-refractivity contribution in [3.05, 3.63) is 33.3 Å². The molecule has 1 aromatic carbocycles. The number of carbonyl (C=O) groups is 1. The van der Waals surface area contributed by atoms with Crippen LogP contribution in [-0.4, -0.2) is 39.3 Å². The number of methoxy groups -OCH3 is 1. The highest BCUT2D eigenvalue weighted by Crippen LogP contribution is 2.21. The smallest absolute Gasteiger partial charge is 0.252 e. The van der Waals surface area contributed by atoms with Gasteiger partial charge in [0.2, 0.25) is 0 Å². The third kappa shape index (κ3) is 7.13. The van der Waals surface area contributed by atoms with E-state index in [1.165, 1.54) is 0 Å². The highest BCUT2D eigenvalue weighted by Gasteiger charge is 2.09. The van der Waals surface area contributed by atoms with Crippen LogP contribution in [0.2, 0.25) is 5.02 Å². The second-order valence-electron chi connectivity index (χ2n) is 3.62. The highest BCUT2D eigenvalue weighted by atomic mass is 79.9. The summed E-state index contributed by atoms with van der Waals surface area (Å²) in [5, 5.41) is 6.56. The number of halogens is 3. The molecule has 0 aliphatic carbocycles. The van der Waals surface area contributed by atoms with E-state index in [1.807, 2.05) is 0 Å². The lowest BCUT2D eigenvalue weighted by Gasteiger charge is -2.08. The van der Waals surface area contributed by atoms with Crippen molar-refractivity contribution in [1.29, 1.82) is 0 Å². The van der Waals surface area contributed by atoms with Crippen LogP contribution in [0, 0.1) is 0 Å². The molecule has 0 fully saturated rings. The van der Waals surface area contributed by atoms with Crippen LogP contribution >= 0.6 is 39.9 Å². The van der Waals surface area contributed by atoms with Crippen LogP contribution in [0.4, 0.5) is 0 Å². The average molecular weight is 372 g/mol. The summed E-state index contributed by atoms with van der Waals surface area (Å²) < 4.78 is 5.59. The Morgan fingerprint density at radius 3 is 2.74 bits per heavy atom. The quantitative estimate of drug-likeness (QED) is 0.724. The Bertz CT molecular complexity index is 405. The molecule has 19 heavy (non-hydrogen) atoms. The Labute approximate surface area is 132 Å². The Morgan fingerprint density at radius 2 is 2.11 bits per heavy atom. The van der Waals surface area contributed by atoms with Gasteiger partial charge in [0.25, 0.3) is 5.91 Å². The van der Waals surface area contributed by atoms with Crippen LogP contribution in [0.25, 0.3) is 0 Å². The van der Waals surface area contributed by atoms with Crippen molar-refractivity contribution in [2.24, 2.45) is 0 Å². The van der Waals surface area contributed by atoms with Crippen molar-refractivity contribution < 1.29 is 9.53 Å². The minimum atomic E-state index is -0.118. The van der Waals surface area contributed by atoms with E-state index in [2.05, 4.69) is 26.6 Å². The molecule has 108 valence electrons. The monoisotopic (exact) mass is 370 g/mol. The van der Waals surface area contributed by atoms with E-state index in [0.29, 0.717) is 34.8 Å². The third-order valence-corrected chi connectivity index (χ3v) is 3.14. The number of nitrogens with one attached hydrogen (secondary N) is 2. The van der Waals surface area contributed by atoms with Crippen LogP contribution in [-0.2, 0) is 4.74 Å². The number of amides is 1. The Hall–Kier alpha value is -0.330.